The summed E-state index contributed by atoms with van der Waals surface area (Å²) in [7, 11) is 0. The molecule has 0 bridgehead atoms. The first kappa shape index (κ1) is 17.5. The molecule has 1 saturated heterocycles. The molecule has 0 unspecified atom stereocenters. The molecule has 25 heavy (non-hydrogen) atoms. The number of benzene rings is 1. The van der Waals surface area contributed by atoms with Gasteiger partial charge in [0.2, 0.25) is 5.91 Å². The summed E-state index contributed by atoms with van der Waals surface area (Å²) < 4.78 is 38.8. The molecule has 3 rings (SSSR count). The van der Waals surface area contributed by atoms with Crippen molar-refractivity contribution in [1.82, 2.24) is 14.9 Å². The third-order valence-corrected chi connectivity index (χ3v) is 4.63. The predicted octanol–water partition coefficient (Wildman–Crippen LogP) is 2.46. The Balaban J connectivity index is 1.68. The van der Waals surface area contributed by atoms with Crippen molar-refractivity contribution in [1.29, 1.82) is 0 Å². The molecule has 1 fully saturated rings. The van der Waals surface area contributed by atoms with Crippen LogP contribution in [0.4, 0.5) is 18.9 Å². The van der Waals surface area contributed by atoms with E-state index in [-0.39, 0.29) is 24.6 Å². The van der Waals surface area contributed by atoms with Gasteiger partial charge in [0.25, 0.3) is 0 Å². The summed E-state index contributed by atoms with van der Waals surface area (Å²) in [5, 5.41) is 2.70. The minimum Gasteiger partial charge on any atom is -0.325 e. The Kier molecular flexibility index (Phi) is 4.59. The average molecular weight is 356 g/mol. The van der Waals surface area contributed by atoms with Crippen molar-refractivity contribution < 1.29 is 18.0 Å². The maximum atomic E-state index is 12.9. The molecule has 136 valence electrons. The van der Waals surface area contributed by atoms with Crippen molar-refractivity contribution in [3.05, 3.63) is 28.7 Å². The van der Waals surface area contributed by atoms with E-state index >= 15 is 0 Å². The van der Waals surface area contributed by atoms with Crippen LogP contribution in [0.25, 0.3) is 11.0 Å². The summed E-state index contributed by atoms with van der Waals surface area (Å²) in [6, 6.07) is 4.21. The molecule has 0 radical (unpaired) electrons. The Morgan fingerprint density at radius 2 is 2.04 bits per heavy atom. The number of halogens is 3. The van der Waals surface area contributed by atoms with Gasteiger partial charge in [0.05, 0.1) is 23.0 Å². The molecule has 2 atom stereocenters. The van der Waals surface area contributed by atoms with Gasteiger partial charge in [0, 0.05) is 12.2 Å². The number of H-pyrrole nitrogens is 2. The third-order valence-electron chi connectivity index (χ3n) is 4.63. The fourth-order valence-corrected chi connectivity index (χ4v) is 3.15. The average Bonchev–Trinajstić information content (AvgIpc) is 2.92. The molecule has 0 saturated carbocycles. The Labute approximate surface area is 141 Å². The number of rotatable bonds is 3. The molecular weight excluding hydrogens is 337 g/mol. The van der Waals surface area contributed by atoms with Crippen LogP contribution in [0.3, 0.4) is 0 Å². The van der Waals surface area contributed by atoms with E-state index in [1.165, 1.54) is 0 Å². The number of alkyl halides is 3. The molecule has 1 aromatic heterocycles. The lowest BCUT2D eigenvalue weighted by Crippen LogP contribution is -2.49. The van der Waals surface area contributed by atoms with E-state index in [2.05, 4.69) is 15.3 Å². The molecule has 0 aliphatic carbocycles. The van der Waals surface area contributed by atoms with Gasteiger partial charge in [-0.1, -0.05) is 0 Å². The highest BCUT2D eigenvalue weighted by atomic mass is 19.4. The maximum Gasteiger partial charge on any atom is 0.393 e. The van der Waals surface area contributed by atoms with Crippen molar-refractivity contribution in [2.45, 2.75) is 32.0 Å². The van der Waals surface area contributed by atoms with Crippen LogP contribution in [0.5, 0.6) is 0 Å². The van der Waals surface area contributed by atoms with Crippen LogP contribution in [0, 0.1) is 5.92 Å². The van der Waals surface area contributed by atoms with Gasteiger partial charge in [-0.2, -0.15) is 13.2 Å². The fourth-order valence-electron chi connectivity index (χ4n) is 3.15. The van der Waals surface area contributed by atoms with Gasteiger partial charge in [-0.25, -0.2) is 4.79 Å². The van der Waals surface area contributed by atoms with Crippen molar-refractivity contribution in [3.8, 4) is 0 Å². The zero-order chi connectivity index (χ0) is 18.2. The lowest BCUT2D eigenvalue weighted by atomic mass is 9.96. The number of aromatic nitrogens is 2. The summed E-state index contributed by atoms with van der Waals surface area (Å²) in [6.45, 7) is 1.90. The van der Waals surface area contributed by atoms with Gasteiger partial charge in [0.15, 0.2) is 0 Å². The number of anilines is 1. The second-order valence-corrected chi connectivity index (χ2v) is 6.38. The zero-order valence-corrected chi connectivity index (χ0v) is 13.6. The highest BCUT2D eigenvalue weighted by molar-refractivity contribution is 5.96. The normalized spacial score (nSPS) is 20.6. The van der Waals surface area contributed by atoms with E-state index in [1.807, 2.05) is 0 Å². The van der Waals surface area contributed by atoms with Gasteiger partial charge in [-0.05, 0) is 44.5 Å². The molecular formula is C16H19F3N4O2. The molecule has 1 aliphatic heterocycles. The van der Waals surface area contributed by atoms with E-state index in [4.69, 9.17) is 0 Å². The van der Waals surface area contributed by atoms with Crippen molar-refractivity contribution >= 4 is 22.6 Å². The SMILES string of the molecule is C[C@@H](C(=O)Nc1ccc2[nH]c(=O)[nH]c2c1)N1CCC[C@H](C(F)(F)F)C1. The van der Waals surface area contributed by atoms with E-state index in [9.17, 15) is 22.8 Å². The van der Waals surface area contributed by atoms with E-state index in [0.717, 1.165) is 0 Å². The quantitative estimate of drug-likeness (QED) is 0.790. The molecule has 2 aromatic rings. The molecule has 1 aromatic carbocycles. The van der Waals surface area contributed by atoms with Crippen molar-refractivity contribution in [3.63, 3.8) is 0 Å². The van der Waals surface area contributed by atoms with Gasteiger partial charge in [-0.15, -0.1) is 0 Å². The van der Waals surface area contributed by atoms with Crippen LogP contribution in [0.15, 0.2) is 23.0 Å². The Bertz CT molecular complexity index is 827. The van der Waals surface area contributed by atoms with E-state index < -0.39 is 18.1 Å². The number of imidazole rings is 1. The number of carbonyl (C=O) groups is 1. The highest BCUT2D eigenvalue weighted by Gasteiger charge is 2.43. The van der Waals surface area contributed by atoms with E-state index in [1.54, 1.807) is 30.0 Å². The standard InChI is InChI=1S/C16H19F3N4O2/c1-9(23-6-2-3-10(8-23)16(17,18)19)14(24)20-11-4-5-12-13(7-11)22-15(25)21-12/h4-5,7,9-10H,2-3,6,8H2,1H3,(H,20,24)(H2,21,22,25)/t9-,10-/m0/s1. The molecule has 3 N–H and O–H groups in total. The molecule has 9 heteroatoms. The van der Waals surface area contributed by atoms with Crippen molar-refractivity contribution in [2.24, 2.45) is 5.92 Å². The van der Waals surface area contributed by atoms with Crippen LogP contribution in [-0.4, -0.2) is 46.1 Å². The lowest BCUT2D eigenvalue weighted by molar-refractivity contribution is -0.188. The molecule has 0 spiro atoms. The molecule has 1 amide bonds. The monoisotopic (exact) mass is 356 g/mol. The number of piperidine rings is 1. The summed E-state index contributed by atoms with van der Waals surface area (Å²) in [4.78, 5) is 30.4. The van der Waals surface area contributed by atoms with Crippen LogP contribution in [-0.2, 0) is 4.79 Å². The third kappa shape index (κ3) is 3.87. The molecule has 1 aliphatic rings. The summed E-state index contributed by atoms with van der Waals surface area (Å²) in [5.74, 6) is -1.77. The summed E-state index contributed by atoms with van der Waals surface area (Å²) in [6.07, 6.45) is -3.72. The van der Waals surface area contributed by atoms with Crippen LogP contribution < -0.4 is 11.0 Å². The van der Waals surface area contributed by atoms with Crippen molar-refractivity contribution in [2.75, 3.05) is 18.4 Å². The predicted molar refractivity (Wildman–Crippen MR) is 87.4 cm³/mol. The number of aromatic amines is 2. The van der Waals surface area contributed by atoms with Crippen LogP contribution >= 0.6 is 0 Å². The summed E-state index contributed by atoms with van der Waals surface area (Å²) >= 11 is 0. The minimum absolute atomic E-state index is 0.103. The maximum absolute atomic E-state index is 12.9. The molecule has 6 nitrogen and oxygen atoms in total. The lowest BCUT2D eigenvalue weighted by Gasteiger charge is -2.36. The largest absolute Gasteiger partial charge is 0.393 e. The van der Waals surface area contributed by atoms with Gasteiger partial charge >= 0.3 is 11.9 Å². The number of nitrogens with zero attached hydrogens (tertiary/aromatic N) is 1. The number of carbonyl (C=O) groups excluding carboxylic acids is 1. The first-order valence-electron chi connectivity index (χ1n) is 8.08. The Hall–Kier alpha value is -2.29. The molecule has 2 heterocycles. The van der Waals surface area contributed by atoms with Gasteiger partial charge < -0.3 is 15.3 Å². The fraction of sp³-hybridized carbons (Fsp3) is 0.500. The summed E-state index contributed by atoms with van der Waals surface area (Å²) in [5.41, 5.74) is 1.29. The van der Waals surface area contributed by atoms with Gasteiger partial charge in [0.1, 0.15) is 0 Å². The second kappa shape index (κ2) is 6.55. The number of amides is 1. The Morgan fingerprint density at radius 1 is 1.32 bits per heavy atom. The topological polar surface area (TPSA) is 81.0 Å². The number of hydrogen-bond donors (Lipinski definition) is 3. The number of fused-ring (bicyclic) bond motifs is 1. The highest BCUT2D eigenvalue weighted by Crippen LogP contribution is 2.33. The number of likely N-dealkylation sites (tertiary alicyclic amines) is 1. The number of nitrogens with one attached hydrogen (secondary N) is 3. The van der Waals surface area contributed by atoms with E-state index in [0.29, 0.717) is 29.7 Å². The second-order valence-electron chi connectivity index (χ2n) is 6.38. The number of hydrogen-bond acceptors (Lipinski definition) is 3. The Morgan fingerprint density at radius 3 is 2.76 bits per heavy atom. The smallest absolute Gasteiger partial charge is 0.325 e. The van der Waals surface area contributed by atoms with Gasteiger partial charge in [-0.3, -0.25) is 9.69 Å². The van der Waals surface area contributed by atoms with Crippen LogP contribution in [0.2, 0.25) is 0 Å². The first-order valence-corrected chi connectivity index (χ1v) is 8.08. The first-order chi connectivity index (χ1) is 11.7. The minimum atomic E-state index is -4.24. The zero-order valence-electron chi connectivity index (χ0n) is 13.6. The van der Waals surface area contributed by atoms with Crippen LogP contribution in [0.1, 0.15) is 19.8 Å².